The molecule has 116 valence electrons. The molecular weight excluding hydrogens is 283 g/mol. The van der Waals surface area contributed by atoms with E-state index >= 15 is 0 Å². The van der Waals surface area contributed by atoms with E-state index in [0.29, 0.717) is 5.56 Å². The third kappa shape index (κ3) is 4.32. The molecule has 1 amide bonds. The summed E-state index contributed by atoms with van der Waals surface area (Å²) >= 11 is 0. The fourth-order valence-corrected chi connectivity index (χ4v) is 2.18. The van der Waals surface area contributed by atoms with Crippen molar-refractivity contribution in [3.63, 3.8) is 0 Å². The largest absolute Gasteiger partial charge is 0.412 e. The number of hydrogen-bond acceptors (Lipinski definition) is 2. The van der Waals surface area contributed by atoms with Crippen LogP contribution in [0.4, 0.5) is 13.2 Å². The van der Waals surface area contributed by atoms with Crippen LogP contribution in [0.5, 0.6) is 0 Å². The van der Waals surface area contributed by atoms with Crippen LogP contribution in [-0.4, -0.2) is 36.7 Å². The summed E-state index contributed by atoms with van der Waals surface area (Å²) in [7, 11) is 1.38. The van der Waals surface area contributed by atoms with Crippen LogP contribution in [0.3, 0.4) is 0 Å². The predicted molar refractivity (Wildman–Crippen MR) is 73.6 cm³/mol. The number of ether oxygens (including phenoxy) is 1. The van der Waals surface area contributed by atoms with Gasteiger partial charge in [-0.1, -0.05) is 36.4 Å². The molecule has 21 heavy (non-hydrogen) atoms. The summed E-state index contributed by atoms with van der Waals surface area (Å²) in [5, 5.41) is 0. The highest BCUT2D eigenvalue weighted by molar-refractivity contribution is 5.74. The first kappa shape index (κ1) is 17.2. The standard InChI is InChI=1S/C15H18F3NO2/c1-4-14(15(16,17)18)19(11(2)20)13(10-21-3)12-8-6-5-7-9-12/h4-9,13-14H,1,10H2,2-3H3/t13-,14+/m0/s1. The summed E-state index contributed by atoms with van der Waals surface area (Å²) in [6, 6.07) is 5.58. The van der Waals surface area contributed by atoms with E-state index in [2.05, 4.69) is 6.58 Å². The quantitative estimate of drug-likeness (QED) is 0.754. The van der Waals surface area contributed by atoms with Gasteiger partial charge in [0.05, 0.1) is 12.6 Å². The monoisotopic (exact) mass is 301 g/mol. The Morgan fingerprint density at radius 3 is 2.33 bits per heavy atom. The maximum absolute atomic E-state index is 13.1. The van der Waals surface area contributed by atoms with E-state index in [1.807, 2.05) is 0 Å². The lowest BCUT2D eigenvalue weighted by atomic mass is 10.0. The minimum Gasteiger partial charge on any atom is -0.382 e. The Balaban J connectivity index is 3.27. The molecule has 3 nitrogen and oxygen atoms in total. The number of amides is 1. The van der Waals surface area contributed by atoms with E-state index in [4.69, 9.17) is 4.74 Å². The fourth-order valence-electron chi connectivity index (χ4n) is 2.18. The molecule has 1 aromatic rings. The Hall–Kier alpha value is -1.82. The lowest BCUT2D eigenvalue weighted by Crippen LogP contribution is -2.49. The number of nitrogens with zero attached hydrogens (tertiary/aromatic N) is 1. The van der Waals surface area contributed by atoms with Crippen molar-refractivity contribution in [1.29, 1.82) is 0 Å². The number of rotatable bonds is 6. The van der Waals surface area contributed by atoms with Crippen LogP contribution in [0.25, 0.3) is 0 Å². The van der Waals surface area contributed by atoms with Crippen molar-refractivity contribution in [2.45, 2.75) is 25.2 Å². The van der Waals surface area contributed by atoms with E-state index in [1.165, 1.54) is 7.11 Å². The molecular formula is C15H18F3NO2. The van der Waals surface area contributed by atoms with Crippen molar-refractivity contribution >= 4 is 5.91 Å². The molecule has 1 rings (SSSR count). The molecule has 0 unspecified atom stereocenters. The third-order valence-electron chi connectivity index (χ3n) is 3.07. The molecule has 0 aliphatic heterocycles. The highest BCUT2D eigenvalue weighted by Gasteiger charge is 2.45. The summed E-state index contributed by atoms with van der Waals surface area (Å²) in [5.41, 5.74) is 0.575. The van der Waals surface area contributed by atoms with E-state index in [1.54, 1.807) is 30.3 Å². The van der Waals surface area contributed by atoms with Gasteiger partial charge in [0.2, 0.25) is 5.91 Å². The first-order valence-electron chi connectivity index (χ1n) is 6.35. The van der Waals surface area contributed by atoms with Crippen molar-refractivity contribution in [1.82, 2.24) is 4.90 Å². The van der Waals surface area contributed by atoms with E-state index in [0.717, 1.165) is 17.9 Å². The molecule has 0 radical (unpaired) electrons. The highest BCUT2D eigenvalue weighted by atomic mass is 19.4. The van der Waals surface area contributed by atoms with Gasteiger partial charge >= 0.3 is 6.18 Å². The Morgan fingerprint density at radius 2 is 1.95 bits per heavy atom. The van der Waals surface area contributed by atoms with Gasteiger partial charge in [-0.15, -0.1) is 6.58 Å². The molecule has 6 heteroatoms. The van der Waals surface area contributed by atoms with Gasteiger partial charge in [-0.05, 0) is 5.56 Å². The number of carbonyl (C=O) groups is 1. The normalized spacial score (nSPS) is 14.3. The molecule has 0 aromatic heterocycles. The van der Waals surface area contributed by atoms with Gasteiger partial charge in [-0.25, -0.2) is 0 Å². The zero-order valence-corrected chi connectivity index (χ0v) is 11.9. The van der Waals surface area contributed by atoms with Gasteiger partial charge in [-0.3, -0.25) is 4.79 Å². The van der Waals surface area contributed by atoms with Crippen LogP contribution in [0.1, 0.15) is 18.5 Å². The average Bonchev–Trinajstić information content (AvgIpc) is 2.42. The predicted octanol–water partition coefficient (Wildman–Crippen LogP) is 3.34. The van der Waals surface area contributed by atoms with Gasteiger partial charge in [0, 0.05) is 14.0 Å². The zero-order chi connectivity index (χ0) is 16.0. The molecule has 0 aliphatic carbocycles. The van der Waals surface area contributed by atoms with E-state index in [-0.39, 0.29) is 6.61 Å². The van der Waals surface area contributed by atoms with Crippen molar-refractivity contribution < 1.29 is 22.7 Å². The Bertz CT molecular complexity index is 474. The van der Waals surface area contributed by atoms with Gasteiger partial charge in [0.15, 0.2) is 0 Å². The van der Waals surface area contributed by atoms with Crippen molar-refractivity contribution in [2.24, 2.45) is 0 Å². The van der Waals surface area contributed by atoms with Gasteiger partial charge in [0.25, 0.3) is 0 Å². The van der Waals surface area contributed by atoms with Crippen LogP contribution in [0, 0.1) is 0 Å². The molecule has 0 bridgehead atoms. The van der Waals surface area contributed by atoms with Crippen LogP contribution in [0.15, 0.2) is 43.0 Å². The average molecular weight is 301 g/mol. The molecule has 0 fully saturated rings. The smallest absolute Gasteiger partial charge is 0.382 e. The summed E-state index contributed by atoms with van der Waals surface area (Å²) in [5.74, 6) is -0.692. The van der Waals surface area contributed by atoms with E-state index < -0.39 is 24.2 Å². The SMILES string of the molecule is C=C[C@@H](N(C(C)=O)[C@@H](COC)c1ccccc1)C(F)(F)F. The molecule has 0 spiro atoms. The minimum atomic E-state index is -4.59. The number of carbonyl (C=O) groups excluding carboxylic acids is 1. The first-order chi connectivity index (χ1) is 9.82. The summed E-state index contributed by atoms with van der Waals surface area (Å²) in [4.78, 5) is 12.6. The summed E-state index contributed by atoms with van der Waals surface area (Å²) in [6.45, 7) is 4.28. The maximum Gasteiger partial charge on any atom is 0.412 e. The number of benzene rings is 1. The lowest BCUT2D eigenvalue weighted by Gasteiger charge is -2.37. The molecule has 0 N–H and O–H groups in total. The molecule has 2 atom stereocenters. The number of methoxy groups -OCH3 is 1. The van der Waals surface area contributed by atoms with Crippen LogP contribution >= 0.6 is 0 Å². The minimum absolute atomic E-state index is 0.0377. The maximum atomic E-state index is 13.1. The van der Waals surface area contributed by atoms with E-state index in [9.17, 15) is 18.0 Å². The van der Waals surface area contributed by atoms with Crippen molar-refractivity contribution in [3.8, 4) is 0 Å². The number of hydrogen-bond donors (Lipinski definition) is 0. The molecule has 0 saturated carbocycles. The van der Waals surface area contributed by atoms with Crippen LogP contribution in [0.2, 0.25) is 0 Å². The summed E-state index contributed by atoms with van der Waals surface area (Å²) in [6.07, 6.45) is -3.86. The first-order valence-corrected chi connectivity index (χ1v) is 6.35. The Morgan fingerprint density at radius 1 is 1.38 bits per heavy atom. The molecule has 1 aromatic carbocycles. The zero-order valence-electron chi connectivity index (χ0n) is 11.9. The van der Waals surface area contributed by atoms with Crippen LogP contribution < -0.4 is 0 Å². The Kier molecular flexibility index (Phi) is 5.96. The second-order valence-corrected chi connectivity index (χ2v) is 4.53. The fraction of sp³-hybridized carbons (Fsp3) is 0.400. The van der Waals surface area contributed by atoms with Gasteiger partial charge in [-0.2, -0.15) is 13.2 Å². The summed E-state index contributed by atoms with van der Waals surface area (Å²) < 4.78 is 44.4. The molecule has 0 saturated heterocycles. The molecule has 0 heterocycles. The van der Waals surface area contributed by atoms with Gasteiger partial charge in [0.1, 0.15) is 6.04 Å². The Labute approximate surface area is 122 Å². The van der Waals surface area contributed by atoms with Gasteiger partial charge < -0.3 is 9.64 Å². The second-order valence-electron chi connectivity index (χ2n) is 4.53. The highest BCUT2D eigenvalue weighted by Crippen LogP contribution is 2.32. The van der Waals surface area contributed by atoms with Crippen molar-refractivity contribution in [2.75, 3.05) is 13.7 Å². The number of halogens is 3. The second kappa shape index (κ2) is 7.26. The van der Waals surface area contributed by atoms with Crippen LogP contribution in [-0.2, 0) is 9.53 Å². The number of alkyl halides is 3. The van der Waals surface area contributed by atoms with Crippen molar-refractivity contribution in [3.05, 3.63) is 48.6 Å². The lowest BCUT2D eigenvalue weighted by molar-refractivity contribution is -0.185. The topological polar surface area (TPSA) is 29.5 Å². The third-order valence-corrected chi connectivity index (χ3v) is 3.07. The molecule has 0 aliphatic rings.